The van der Waals surface area contributed by atoms with Crippen LogP contribution >= 0.6 is 0 Å². The van der Waals surface area contributed by atoms with Crippen molar-refractivity contribution in [2.75, 3.05) is 20.1 Å². The molecule has 0 saturated heterocycles. The summed E-state index contributed by atoms with van der Waals surface area (Å²) < 4.78 is 27.0. The van der Waals surface area contributed by atoms with Gasteiger partial charge in [0.25, 0.3) is 0 Å². The molecule has 0 aliphatic heterocycles. The zero-order chi connectivity index (χ0) is 15.9. The zero-order valence-corrected chi connectivity index (χ0v) is 13.9. The van der Waals surface area contributed by atoms with Gasteiger partial charge in [-0.25, -0.2) is 13.1 Å². The molecular weight excluding hydrogens is 288 g/mol. The summed E-state index contributed by atoms with van der Waals surface area (Å²) in [6.07, 6.45) is 1.73. The van der Waals surface area contributed by atoms with Gasteiger partial charge in [0.15, 0.2) is 0 Å². The first-order valence-electron chi connectivity index (χ1n) is 7.27. The number of unbranched alkanes of at least 4 members (excludes halogenated alkanes) is 1. The van der Waals surface area contributed by atoms with E-state index in [0.29, 0.717) is 18.2 Å². The summed E-state index contributed by atoms with van der Waals surface area (Å²) in [5.74, 6) is 0. The summed E-state index contributed by atoms with van der Waals surface area (Å²) in [5.41, 5.74) is 0.421. The van der Waals surface area contributed by atoms with E-state index in [4.69, 9.17) is 0 Å². The van der Waals surface area contributed by atoms with Crippen LogP contribution in [0.4, 0.5) is 0 Å². The highest BCUT2D eigenvalue weighted by Crippen LogP contribution is 2.15. The number of hydrogen-bond donors (Lipinski definition) is 2. The second-order valence-corrected chi connectivity index (χ2v) is 7.18. The topological polar surface area (TPSA) is 69.6 Å². The molecule has 0 aliphatic carbocycles. The van der Waals surface area contributed by atoms with Gasteiger partial charge in [-0.1, -0.05) is 18.2 Å². The highest BCUT2D eigenvalue weighted by Gasteiger charge is 2.16. The van der Waals surface area contributed by atoms with E-state index in [9.17, 15) is 13.5 Å². The molecule has 21 heavy (non-hydrogen) atoms. The fraction of sp³-hybridized carbons (Fsp3) is 0.600. The first kappa shape index (κ1) is 18.1. The van der Waals surface area contributed by atoms with Gasteiger partial charge < -0.3 is 10.0 Å². The number of nitrogens with one attached hydrogen (secondary N) is 1. The molecule has 5 nitrogen and oxygen atoms in total. The molecule has 0 atom stereocenters. The second-order valence-electron chi connectivity index (χ2n) is 5.45. The van der Waals surface area contributed by atoms with Crippen LogP contribution in [-0.4, -0.2) is 44.6 Å². The van der Waals surface area contributed by atoms with Crippen molar-refractivity contribution in [1.29, 1.82) is 0 Å². The molecule has 0 amide bonds. The summed E-state index contributed by atoms with van der Waals surface area (Å²) in [4.78, 5) is 2.39. The van der Waals surface area contributed by atoms with Crippen molar-refractivity contribution >= 4 is 10.0 Å². The van der Waals surface area contributed by atoms with Gasteiger partial charge in [-0.15, -0.1) is 0 Å². The van der Waals surface area contributed by atoms with E-state index in [1.165, 1.54) is 6.07 Å². The van der Waals surface area contributed by atoms with Crippen molar-refractivity contribution in [3.05, 3.63) is 29.8 Å². The van der Waals surface area contributed by atoms with Crippen LogP contribution in [0.25, 0.3) is 0 Å². The highest BCUT2D eigenvalue weighted by atomic mass is 32.2. The molecule has 0 radical (unpaired) electrons. The second kappa shape index (κ2) is 8.48. The van der Waals surface area contributed by atoms with E-state index in [-0.39, 0.29) is 11.5 Å². The lowest BCUT2D eigenvalue weighted by Gasteiger charge is -2.20. The molecule has 2 N–H and O–H groups in total. The minimum absolute atomic E-state index is 0.159. The Morgan fingerprint density at radius 2 is 1.90 bits per heavy atom. The number of benzene rings is 1. The lowest BCUT2D eigenvalue weighted by Crippen LogP contribution is -2.29. The van der Waals surface area contributed by atoms with Crippen molar-refractivity contribution in [2.45, 2.75) is 44.2 Å². The predicted molar refractivity (Wildman–Crippen MR) is 84.6 cm³/mol. The van der Waals surface area contributed by atoms with Crippen LogP contribution in [0.3, 0.4) is 0 Å². The Kier molecular flexibility index (Phi) is 7.31. The van der Waals surface area contributed by atoms with E-state index in [1.54, 1.807) is 18.2 Å². The molecule has 0 fully saturated rings. The van der Waals surface area contributed by atoms with Gasteiger partial charge in [0.2, 0.25) is 10.0 Å². The third kappa shape index (κ3) is 5.74. The van der Waals surface area contributed by atoms with Crippen molar-refractivity contribution in [2.24, 2.45) is 0 Å². The maximum absolute atomic E-state index is 12.2. The number of rotatable bonds is 9. The maximum atomic E-state index is 12.2. The summed E-state index contributed by atoms with van der Waals surface area (Å²) in [6, 6.07) is 7.00. The average molecular weight is 314 g/mol. The average Bonchev–Trinajstić information content (AvgIpc) is 2.46. The van der Waals surface area contributed by atoms with Crippen LogP contribution < -0.4 is 4.72 Å². The lowest BCUT2D eigenvalue weighted by atomic mass is 10.2. The van der Waals surface area contributed by atoms with Crippen LogP contribution in [0.15, 0.2) is 29.2 Å². The largest absolute Gasteiger partial charge is 0.392 e. The first-order chi connectivity index (χ1) is 9.88. The molecule has 0 bridgehead atoms. The van der Waals surface area contributed by atoms with Crippen LogP contribution in [0, 0.1) is 0 Å². The Morgan fingerprint density at radius 1 is 1.24 bits per heavy atom. The molecule has 0 saturated carbocycles. The van der Waals surface area contributed by atoms with Crippen molar-refractivity contribution < 1.29 is 13.5 Å². The summed E-state index contributed by atoms with van der Waals surface area (Å²) in [7, 11) is -1.48. The van der Waals surface area contributed by atoms with Crippen molar-refractivity contribution in [3.63, 3.8) is 0 Å². The summed E-state index contributed by atoms with van der Waals surface area (Å²) >= 11 is 0. The van der Waals surface area contributed by atoms with Crippen LogP contribution in [0.1, 0.15) is 32.3 Å². The van der Waals surface area contributed by atoms with Crippen LogP contribution in [0.2, 0.25) is 0 Å². The molecule has 1 rings (SSSR count). The zero-order valence-electron chi connectivity index (χ0n) is 13.0. The normalized spacial score (nSPS) is 12.3. The van der Waals surface area contributed by atoms with Gasteiger partial charge >= 0.3 is 0 Å². The predicted octanol–water partition coefficient (Wildman–Crippen LogP) is 1.58. The van der Waals surface area contributed by atoms with Crippen molar-refractivity contribution in [3.8, 4) is 0 Å². The Labute approximate surface area is 128 Å². The standard InChI is InChI=1S/C15H26N2O3S/c1-13(2)17(3)11-7-6-10-16-21(19,20)15-9-5-4-8-14(15)12-18/h4-5,8-9,13,16,18H,6-7,10-12H2,1-3H3. The number of aliphatic hydroxyl groups excluding tert-OH is 1. The van der Waals surface area contributed by atoms with Crippen LogP contribution in [0.5, 0.6) is 0 Å². The Hall–Kier alpha value is -0.950. The molecule has 0 aromatic heterocycles. The number of sulfonamides is 1. The van der Waals surface area contributed by atoms with Gasteiger partial charge in [-0.05, 0) is 51.9 Å². The number of nitrogens with zero attached hydrogens (tertiary/aromatic N) is 1. The molecule has 0 unspecified atom stereocenters. The Bertz CT molecular complexity index is 529. The van der Waals surface area contributed by atoms with E-state index in [1.807, 2.05) is 0 Å². The van der Waals surface area contributed by atoms with E-state index in [2.05, 4.69) is 30.5 Å². The SMILES string of the molecule is CC(C)N(C)CCCCNS(=O)(=O)c1ccccc1CO. The van der Waals surface area contributed by atoms with Crippen LogP contribution in [-0.2, 0) is 16.6 Å². The molecule has 1 aromatic rings. The fourth-order valence-corrected chi connectivity index (χ4v) is 3.23. The van der Waals surface area contributed by atoms with Gasteiger partial charge in [-0.2, -0.15) is 0 Å². The molecule has 0 heterocycles. The van der Waals surface area contributed by atoms with E-state index < -0.39 is 10.0 Å². The number of aliphatic hydroxyl groups is 1. The highest BCUT2D eigenvalue weighted by molar-refractivity contribution is 7.89. The smallest absolute Gasteiger partial charge is 0.240 e. The molecule has 0 aliphatic rings. The molecule has 120 valence electrons. The van der Waals surface area contributed by atoms with Gasteiger partial charge in [-0.3, -0.25) is 0 Å². The van der Waals surface area contributed by atoms with E-state index >= 15 is 0 Å². The molecule has 1 aromatic carbocycles. The van der Waals surface area contributed by atoms with Gasteiger partial charge in [0.1, 0.15) is 0 Å². The third-order valence-electron chi connectivity index (χ3n) is 3.54. The quantitative estimate of drug-likeness (QED) is 0.679. The minimum atomic E-state index is -3.54. The van der Waals surface area contributed by atoms with Gasteiger partial charge in [0.05, 0.1) is 11.5 Å². The molecule has 6 heteroatoms. The molecular formula is C15H26N2O3S. The minimum Gasteiger partial charge on any atom is -0.392 e. The monoisotopic (exact) mass is 314 g/mol. The lowest BCUT2D eigenvalue weighted by molar-refractivity contribution is 0.268. The Morgan fingerprint density at radius 3 is 2.52 bits per heavy atom. The summed E-state index contributed by atoms with van der Waals surface area (Å²) in [6.45, 7) is 5.35. The Balaban J connectivity index is 2.47. The third-order valence-corrected chi connectivity index (χ3v) is 5.11. The van der Waals surface area contributed by atoms with Crippen molar-refractivity contribution in [1.82, 2.24) is 9.62 Å². The first-order valence-corrected chi connectivity index (χ1v) is 8.75. The fourth-order valence-electron chi connectivity index (χ4n) is 1.93. The van der Waals surface area contributed by atoms with Gasteiger partial charge in [0, 0.05) is 12.6 Å². The number of hydrogen-bond acceptors (Lipinski definition) is 4. The molecule has 0 spiro atoms. The summed E-state index contributed by atoms with van der Waals surface area (Å²) in [5, 5.41) is 9.21. The van der Waals surface area contributed by atoms with E-state index in [0.717, 1.165) is 19.4 Å². The maximum Gasteiger partial charge on any atom is 0.240 e.